The van der Waals surface area contributed by atoms with E-state index in [1.807, 2.05) is 0 Å². The molecule has 0 aliphatic carbocycles. The molecular formula is C12H29N3. The maximum Gasteiger partial charge on any atom is 0.0215 e. The van der Waals surface area contributed by atoms with Gasteiger partial charge in [0.05, 0.1) is 0 Å². The zero-order chi connectivity index (χ0) is 11.8. The van der Waals surface area contributed by atoms with Crippen LogP contribution in [0.2, 0.25) is 0 Å². The molecule has 0 aliphatic heterocycles. The highest BCUT2D eigenvalue weighted by atomic mass is 15.2. The van der Waals surface area contributed by atoms with Gasteiger partial charge >= 0.3 is 0 Å². The van der Waals surface area contributed by atoms with Gasteiger partial charge in [-0.15, -0.1) is 0 Å². The first-order valence-electron chi connectivity index (χ1n) is 6.05. The van der Waals surface area contributed by atoms with Gasteiger partial charge in [0.2, 0.25) is 0 Å². The Hall–Kier alpha value is -0.120. The van der Waals surface area contributed by atoms with Crippen LogP contribution >= 0.6 is 0 Å². The van der Waals surface area contributed by atoms with E-state index in [0.717, 1.165) is 19.6 Å². The number of nitrogens with one attached hydrogen (secondary N) is 1. The Morgan fingerprint density at radius 2 is 1.67 bits per heavy atom. The van der Waals surface area contributed by atoms with E-state index in [2.05, 4.69) is 57.0 Å². The van der Waals surface area contributed by atoms with Crippen molar-refractivity contribution in [1.82, 2.24) is 15.1 Å². The predicted molar refractivity (Wildman–Crippen MR) is 68.4 cm³/mol. The largest absolute Gasteiger partial charge is 0.313 e. The number of hydrogen-bond donors (Lipinski definition) is 1. The fourth-order valence-corrected chi connectivity index (χ4v) is 1.52. The smallest absolute Gasteiger partial charge is 0.0215 e. The van der Waals surface area contributed by atoms with E-state index < -0.39 is 0 Å². The summed E-state index contributed by atoms with van der Waals surface area (Å²) in [6.45, 7) is 10.0. The van der Waals surface area contributed by atoms with Crippen LogP contribution in [0.3, 0.4) is 0 Å². The summed E-state index contributed by atoms with van der Waals surface area (Å²) in [5.74, 6) is 0. The molecule has 3 nitrogen and oxygen atoms in total. The van der Waals surface area contributed by atoms with Crippen molar-refractivity contribution in [2.24, 2.45) is 0 Å². The number of nitrogens with zero attached hydrogens (tertiary/aromatic N) is 2. The lowest BCUT2D eigenvalue weighted by atomic mass is 10.2. The van der Waals surface area contributed by atoms with Gasteiger partial charge < -0.3 is 15.1 Å². The van der Waals surface area contributed by atoms with Crippen molar-refractivity contribution < 1.29 is 0 Å². The fraction of sp³-hybridized carbons (Fsp3) is 1.00. The maximum absolute atomic E-state index is 3.51. The van der Waals surface area contributed by atoms with Crippen LogP contribution in [0.25, 0.3) is 0 Å². The number of rotatable bonds is 8. The summed E-state index contributed by atoms with van der Waals surface area (Å²) in [4.78, 5) is 4.69. The maximum atomic E-state index is 3.51. The summed E-state index contributed by atoms with van der Waals surface area (Å²) >= 11 is 0. The van der Waals surface area contributed by atoms with Gasteiger partial charge in [-0.1, -0.05) is 20.8 Å². The Kier molecular flexibility index (Phi) is 8.02. The third-order valence-electron chi connectivity index (χ3n) is 2.76. The van der Waals surface area contributed by atoms with Crippen LogP contribution in [0.4, 0.5) is 0 Å². The Labute approximate surface area is 95.8 Å². The second-order valence-electron chi connectivity index (χ2n) is 4.91. The minimum Gasteiger partial charge on any atom is -0.313 e. The lowest BCUT2D eigenvalue weighted by molar-refractivity contribution is 0.205. The van der Waals surface area contributed by atoms with E-state index in [-0.39, 0.29) is 0 Å². The molecule has 1 unspecified atom stereocenters. The molecule has 0 saturated heterocycles. The second kappa shape index (κ2) is 8.08. The van der Waals surface area contributed by atoms with Gasteiger partial charge in [0, 0.05) is 31.7 Å². The molecule has 0 saturated carbocycles. The quantitative estimate of drug-likeness (QED) is 0.657. The lowest BCUT2D eigenvalue weighted by Gasteiger charge is -2.29. The summed E-state index contributed by atoms with van der Waals surface area (Å²) in [6, 6.07) is 1.24. The molecule has 0 aromatic rings. The van der Waals surface area contributed by atoms with Gasteiger partial charge in [-0.2, -0.15) is 0 Å². The molecule has 3 heteroatoms. The van der Waals surface area contributed by atoms with Crippen molar-refractivity contribution >= 4 is 0 Å². The molecule has 0 aromatic heterocycles. The lowest BCUT2D eigenvalue weighted by Crippen LogP contribution is -2.43. The van der Waals surface area contributed by atoms with Gasteiger partial charge in [-0.05, 0) is 27.6 Å². The first-order chi connectivity index (χ1) is 6.97. The van der Waals surface area contributed by atoms with E-state index in [0.29, 0.717) is 12.1 Å². The van der Waals surface area contributed by atoms with E-state index >= 15 is 0 Å². The van der Waals surface area contributed by atoms with Gasteiger partial charge in [-0.3, -0.25) is 0 Å². The first-order valence-corrected chi connectivity index (χ1v) is 6.05. The minimum atomic E-state index is 0.585. The molecular weight excluding hydrogens is 186 g/mol. The molecule has 0 spiro atoms. The van der Waals surface area contributed by atoms with Crippen LogP contribution in [0.1, 0.15) is 27.2 Å². The first kappa shape index (κ1) is 14.9. The van der Waals surface area contributed by atoms with Crippen molar-refractivity contribution in [3.63, 3.8) is 0 Å². The Morgan fingerprint density at radius 3 is 2.07 bits per heavy atom. The average molecular weight is 215 g/mol. The van der Waals surface area contributed by atoms with E-state index in [1.54, 1.807) is 0 Å². The number of hydrogen-bond acceptors (Lipinski definition) is 3. The fourth-order valence-electron chi connectivity index (χ4n) is 1.52. The van der Waals surface area contributed by atoms with Gasteiger partial charge in [0.1, 0.15) is 0 Å². The molecule has 0 radical (unpaired) electrons. The summed E-state index contributed by atoms with van der Waals surface area (Å²) in [7, 11) is 6.47. The summed E-state index contributed by atoms with van der Waals surface area (Å²) in [5, 5.41) is 3.51. The third-order valence-corrected chi connectivity index (χ3v) is 2.76. The molecule has 92 valence electrons. The molecule has 1 N–H and O–H groups in total. The molecule has 0 fully saturated rings. The van der Waals surface area contributed by atoms with Crippen molar-refractivity contribution in [3.05, 3.63) is 0 Å². The van der Waals surface area contributed by atoms with E-state index in [4.69, 9.17) is 0 Å². The highest BCUT2D eigenvalue weighted by Crippen LogP contribution is 2.00. The summed E-state index contributed by atoms with van der Waals surface area (Å²) < 4.78 is 0. The van der Waals surface area contributed by atoms with Crippen molar-refractivity contribution in [1.29, 1.82) is 0 Å². The molecule has 0 bridgehead atoms. The van der Waals surface area contributed by atoms with Crippen molar-refractivity contribution in [3.8, 4) is 0 Å². The molecule has 0 heterocycles. The number of likely N-dealkylation sites (N-methyl/N-ethyl adjacent to an activating group) is 2. The molecule has 1 atom stereocenters. The second-order valence-corrected chi connectivity index (χ2v) is 4.91. The molecule has 0 amide bonds. The van der Waals surface area contributed by atoms with Crippen LogP contribution in [-0.4, -0.2) is 62.7 Å². The summed E-state index contributed by atoms with van der Waals surface area (Å²) in [6.07, 6.45) is 1.21. The van der Waals surface area contributed by atoms with E-state index in [1.165, 1.54) is 6.42 Å². The van der Waals surface area contributed by atoms with Gasteiger partial charge in [0.15, 0.2) is 0 Å². The minimum absolute atomic E-state index is 0.585. The average Bonchev–Trinajstić information content (AvgIpc) is 2.15. The van der Waals surface area contributed by atoms with Gasteiger partial charge in [-0.25, -0.2) is 0 Å². The predicted octanol–water partition coefficient (Wildman–Crippen LogP) is 1.26. The molecule has 0 rings (SSSR count). The normalized spacial score (nSPS) is 14.2. The van der Waals surface area contributed by atoms with Crippen LogP contribution in [0.15, 0.2) is 0 Å². The molecule has 15 heavy (non-hydrogen) atoms. The van der Waals surface area contributed by atoms with Crippen molar-refractivity contribution in [2.75, 3.05) is 40.8 Å². The zero-order valence-electron chi connectivity index (χ0n) is 11.4. The van der Waals surface area contributed by atoms with Crippen LogP contribution in [0, 0.1) is 0 Å². The highest BCUT2D eigenvalue weighted by molar-refractivity contribution is 4.71. The third kappa shape index (κ3) is 7.77. The monoisotopic (exact) mass is 215 g/mol. The topological polar surface area (TPSA) is 18.5 Å². The zero-order valence-corrected chi connectivity index (χ0v) is 11.4. The standard InChI is InChI=1S/C12H29N3/c1-7-12(10-13-11(2)3)15(6)9-8-14(4)5/h11-13H,7-10H2,1-6H3. The molecule has 0 aliphatic rings. The Bertz CT molecular complexity index is 146. The van der Waals surface area contributed by atoms with Crippen LogP contribution in [0.5, 0.6) is 0 Å². The van der Waals surface area contributed by atoms with Crippen LogP contribution in [-0.2, 0) is 0 Å². The summed E-state index contributed by atoms with van der Waals surface area (Å²) in [5.41, 5.74) is 0. The van der Waals surface area contributed by atoms with Crippen LogP contribution < -0.4 is 5.32 Å². The highest BCUT2D eigenvalue weighted by Gasteiger charge is 2.12. The Balaban J connectivity index is 3.82. The van der Waals surface area contributed by atoms with Gasteiger partial charge in [0.25, 0.3) is 0 Å². The van der Waals surface area contributed by atoms with E-state index in [9.17, 15) is 0 Å². The van der Waals surface area contributed by atoms with Crippen molar-refractivity contribution in [2.45, 2.75) is 39.3 Å². The Morgan fingerprint density at radius 1 is 1.07 bits per heavy atom. The SMILES string of the molecule is CCC(CNC(C)C)N(C)CCN(C)C. The molecule has 0 aromatic carbocycles.